The molecule has 0 atom stereocenters. The van der Waals surface area contributed by atoms with E-state index in [1.54, 1.807) is 42.7 Å². The second-order valence-electron chi connectivity index (χ2n) is 4.43. The van der Waals surface area contributed by atoms with Crippen LogP contribution in [0.5, 0.6) is 5.75 Å². The molecule has 106 valence electrons. The quantitative estimate of drug-likeness (QED) is 0.799. The number of nitrogens with zero attached hydrogens (tertiary/aromatic N) is 1. The Kier molecular flexibility index (Phi) is 3.77. The third-order valence-electron chi connectivity index (χ3n) is 2.98. The first-order valence-electron chi connectivity index (χ1n) is 6.18. The topological polar surface area (TPSA) is 65.2 Å². The minimum absolute atomic E-state index is 0.362. The highest BCUT2D eigenvalue weighted by molar-refractivity contribution is 7.20. The summed E-state index contributed by atoms with van der Waals surface area (Å²) in [5.74, 6) is 0.294. The number of rotatable bonds is 4. The Morgan fingerprint density at radius 1 is 1.29 bits per heavy atom. The van der Waals surface area contributed by atoms with Gasteiger partial charge >= 0.3 is 0 Å². The maximum atomic E-state index is 11.3. The third-order valence-corrected chi connectivity index (χ3v) is 4.32. The number of fused-ring (bicyclic) bond motifs is 1. The van der Waals surface area contributed by atoms with Crippen LogP contribution in [0, 0.1) is 0 Å². The van der Waals surface area contributed by atoms with Gasteiger partial charge in [0.25, 0.3) is 5.91 Å². The highest BCUT2D eigenvalue weighted by atomic mass is 35.5. The first kappa shape index (κ1) is 13.9. The maximum absolute atomic E-state index is 11.3. The second kappa shape index (κ2) is 5.71. The number of thiophene rings is 1. The summed E-state index contributed by atoms with van der Waals surface area (Å²) in [5.41, 5.74) is 6.22. The molecule has 0 fully saturated rings. The van der Waals surface area contributed by atoms with Gasteiger partial charge in [-0.15, -0.1) is 11.3 Å². The van der Waals surface area contributed by atoms with E-state index in [0.29, 0.717) is 16.5 Å². The van der Waals surface area contributed by atoms with Gasteiger partial charge in [0, 0.05) is 28.4 Å². The van der Waals surface area contributed by atoms with Crippen LogP contribution in [0.15, 0.2) is 42.7 Å². The van der Waals surface area contributed by atoms with E-state index in [2.05, 4.69) is 4.98 Å². The predicted molar refractivity (Wildman–Crippen MR) is 83.9 cm³/mol. The van der Waals surface area contributed by atoms with E-state index in [1.165, 1.54) is 11.3 Å². The van der Waals surface area contributed by atoms with E-state index >= 15 is 0 Å². The molecular formula is C15H11ClN2O2S. The summed E-state index contributed by atoms with van der Waals surface area (Å²) in [6.07, 6.45) is 3.45. The zero-order chi connectivity index (χ0) is 14.8. The van der Waals surface area contributed by atoms with E-state index in [1.807, 2.05) is 0 Å². The van der Waals surface area contributed by atoms with E-state index in [4.69, 9.17) is 22.1 Å². The number of ether oxygens (including phenoxy) is 1. The lowest BCUT2D eigenvalue weighted by atomic mass is 10.2. The molecule has 1 amide bonds. The lowest BCUT2D eigenvalue weighted by Gasteiger charge is -2.06. The SMILES string of the molecule is NC(=O)c1cc2c(COc3ccc(Cl)cc3)cncc2s1. The molecule has 0 aliphatic carbocycles. The van der Waals surface area contributed by atoms with Crippen LogP contribution in [-0.2, 0) is 6.61 Å². The normalized spacial score (nSPS) is 10.7. The number of hydrogen-bond acceptors (Lipinski definition) is 4. The number of amides is 1. The number of hydrogen-bond donors (Lipinski definition) is 1. The fourth-order valence-corrected chi connectivity index (χ4v) is 3.00. The van der Waals surface area contributed by atoms with Gasteiger partial charge < -0.3 is 10.5 Å². The number of carbonyl (C=O) groups excluding carboxylic acids is 1. The van der Waals surface area contributed by atoms with Crippen molar-refractivity contribution >= 4 is 38.9 Å². The molecule has 0 saturated carbocycles. The highest BCUT2D eigenvalue weighted by Gasteiger charge is 2.10. The van der Waals surface area contributed by atoms with Crippen LogP contribution < -0.4 is 10.5 Å². The van der Waals surface area contributed by atoms with Crippen LogP contribution in [0.4, 0.5) is 0 Å². The van der Waals surface area contributed by atoms with Crippen LogP contribution in [0.1, 0.15) is 15.2 Å². The van der Waals surface area contributed by atoms with Crippen LogP contribution in [0.2, 0.25) is 5.02 Å². The largest absolute Gasteiger partial charge is 0.489 e. The minimum atomic E-state index is -0.430. The molecule has 1 aromatic carbocycles. The summed E-state index contributed by atoms with van der Waals surface area (Å²) in [5, 5.41) is 1.60. The van der Waals surface area contributed by atoms with Crippen LogP contribution >= 0.6 is 22.9 Å². The van der Waals surface area contributed by atoms with Gasteiger partial charge in [0.05, 0.1) is 9.58 Å². The highest BCUT2D eigenvalue weighted by Crippen LogP contribution is 2.28. The Morgan fingerprint density at radius 2 is 2.05 bits per heavy atom. The van der Waals surface area contributed by atoms with Crippen molar-refractivity contribution in [2.75, 3.05) is 0 Å². The number of nitrogens with two attached hydrogens (primary N) is 1. The zero-order valence-corrected chi connectivity index (χ0v) is 12.4. The molecule has 21 heavy (non-hydrogen) atoms. The Labute approximate surface area is 130 Å². The average Bonchev–Trinajstić information content (AvgIpc) is 2.91. The lowest BCUT2D eigenvalue weighted by Crippen LogP contribution is -2.08. The molecule has 2 aromatic heterocycles. The fraction of sp³-hybridized carbons (Fsp3) is 0.0667. The Bertz CT molecular complexity index is 799. The molecular weight excluding hydrogens is 308 g/mol. The number of carbonyl (C=O) groups is 1. The summed E-state index contributed by atoms with van der Waals surface area (Å²) in [4.78, 5) is 15.9. The summed E-state index contributed by atoms with van der Waals surface area (Å²) in [6.45, 7) is 0.362. The van der Waals surface area contributed by atoms with Gasteiger partial charge in [0.2, 0.25) is 0 Å². The smallest absolute Gasteiger partial charge is 0.258 e. The second-order valence-corrected chi connectivity index (χ2v) is 5.95. The number of benzene rings is 1. The van der Waals surface area contributed by atoms with Crippen molar-refractivity contribution in [3.63, 3.8) is 0 Å². The molecule has 3 aromatic rings. The molecule has 2 heterocycles. The molecule has 0 unspecified atom stereocenters. The van der Waals surface area contributed by atoms with Crippen molar-refractivity contribution in [1.29, 1.82) is 0 Å². The third kappa shape index (κ3) is 2.99. The summed E-state index contributed by atoms with van der Waals surface area (Å²) >= 11 is 7.16. The molecule has 4 nitrogen and oxygen atoms in total. The summed E-state index contributed by atoms with van der Waals surface area (Å²) in [6, 6.07) is 8.93. The van der Waals surface area contributed by atoms with Gasteiger partial charge in [-0.2, -0.15) is 0 Å². The van der Waals surface area contributed by atoms with E-state index in [9.17, 15) is 4.79 Å². The van der Waals surface area contributed by atoms with Gasteiger partial charge in [0.15, 0.2) is 0 Å². The van der Waals surface area contributed by atoms with Gasteiger partial charge in [-0.1, -0.05) is 11.6 Å². The first-order valence-corrected chi connectivity index (χ1v) is 7.37. The lowest BCUT2D eigenvalue weighted by molar-refractivity contribution is 0.100. The Balaban J connectivity index is 1.86. The molecule has 2 N–H and O–H groups in total. The number of aromatic nitrogens is 1. The molecule has 0 aliphatic rings. The van der Waals surface area contributed by atoms with Crippen LogP contribution in [0.3, 0.4) is 0 Å². The molecule has 0 saturated heterocycles. The minimum Gasteiger partial charge on any atom is -0.489 e. The zero-order valence-electron chi connectivity index (χ0n) is 10.9. The average molecular weight is 319 g/mol. The van der Waals surface area contributed by atoms with Crippen molar-refractivity contribution in [3.05, 3.63) is 58.2 Å². The van der Waals surface area contributed by atoms with Gasteiger partial charge in [-0.25, -0.2) is 0 Å². The summed E-state index contributed by atoms with van der Waals surface area (Å²) in [7, 11) is 0. The molecule has 0 spiro atoms. The fourth-order valence-electron chi connectivity index (χ4n) is 1.94. The first-order chi connectivity index (χ1) is 10.1. The number of pyridine rings is 1. The molecule has 0 aliphatic heterocycles. The molecule has 6 heteroatoms. The Morgan fingerprint density at radius 3 is 2.76 bits per heavy atom. The van der Waals surface area contributed by atoms with Gasteiger partial charge in [-0.05, 0) is 30.3 Å². The van der Waals surface area contributed by atoms with Crippen molar-refractivity contribution < 1.29 is 9.53 Å². The van der Waals surface area contributed by atoms with Crippen molar-refractivity contribution in [2.24, 2.45) is 5.73 Å². The van der Waals surface area contributed by atoms with Crippen LogP contribution in [-0.4, -0.2) is 10.9 Å². The molecule has 0 radical (unpaired) electrons. The summed E-state index contributed by atoms with van der Waals surface area (Å²) < 4.78 is 6.63. The maximum Gasteiger partial charge on any atom is 0.258 e. The molecule has 0 bridgehead atoms. The van der Waals surface area contributed by atoms with Gasteiger partial charge in [-0.3, -0.25) is 9.78 Å². The van der Waals surface area contributed by atoms with E-state index in [0.717, 1.165) is 21.4 Å². The van der Waals surface area contributed by atoms with Crippen molar-refractivity contribution in [1.82, 2.24) is 4.98 Å². The van der Waals surface area contributed by atoms with Gasteiger partial charge in [0.1, 0.15) is 12.4 Å². The van der Waals surface area contributed by atoms with E-state index in [-0.39, 0.29) is 0 Å². The van der Waals surface area contributed by atoms with Crippen molar-refractivity contribution in [3.8, 4) is 5.75 Å². The van der Waals surface area contributed by atoms with Crippen molar-refractivity contribution in [2.45, 2.75) is 6.61 Å². The van der Waals surface area contributed by atoms with Crippen LogP contribution in [0.25, 0.3) is 10.1 Å². The van der Waals surface area contributed by atoms with E-state index < -0.39 is 5.91 Å². The number of primary amides is 1. The Hall–Kier alpha value is -2.11. The number of halogens is 1. The predicted octanol–water partition coefficient (Wildman–Crippen LogP) is 3.63. The molecule has 3 rings (SSSR count). The monoisotopic (exact) mass is 318 g/mol. The standard InChI is InChI=1S/C15H11ClN2O2S/c16-10-1-3-11(4-2-10)20-8-9-6-18-7-14-12(9)5-13(21-14)15(17)19/h1-7H,8H2,(H2,17,19).